The molecule has 4 atom stereocenters. The summed E-state index contributed by atoms with van der Waals surface area (Å²) in [5.74, 6) is -3.31. The highest BCUT2D eigenvalue weighted by Gasteiger charge is 2.82. The summed E-state index contributed by atoms with van der Waals surface area (Å²) in [5.41, 5.74) is 1.77. The van der Waals surface area contributed by atoms with Crippen molar-refractivity contribution in [2.45, 2.75) is 10.8 Å². The molecule has 1 aliphatic heterocycles. The topological polar surface area (TPSA) is 78.2 Å². The van der Waals surface area contributed by atoms with Gasteiger partial charge in [0.1, 0.15) is 0 Å². The molecule has 0 spiro atoms. The summed E-state index contributed by atoms with van der Waals surface area (Å²) >= 11 is 12.8. The number of halogens is 2. The van der Waals surface area contributed by atoms with E-state index in [-0.39, 0.29) is 5.78 Å². The van der Waals surface area contributed by atoms with E-state index in [4.69, 9.17) is 23.2 Å². The Balaban J connectivity index is 1.54. The number of imide groups is 1. The average Bonchev–Trinajstić information content (AvgIpc) is 3.61. The van der Waals surface area contributed by atoms with Crippen molar-refractivity contribution in [3.63, 3.8) is 0 Å². The average molecular weight is 652 g/mol. The molecular weight excluding hydrogens is 627 g/mol. The number of carbonyl (C=O) groups excluding carboxylic acids is 3. The molecule has 0 radical (unpaired) electrons. The van der Waals surface area contributed by atoms with Crippen LogP contribution in [0.1, 0.15) is 27.8 Å². The molecule has 226 valence electrons. The first-order valence-electron chi connectivity index (χ1n) is 15.2. The first kappa shape index (κ1) is 29.1. The number of nitrogens with zero attached hydrogens (tertiary/aromatic N) is 2. The number of allylic oxidation sites excluding steroid dienone is 2. The van der Waals surface area contributed by atoms with Crippen LogP contribution in [-0.2, 0) is 25.2 Å². The fourth-order valence-electron chi connectivity index (χ4n) is 8.30. The van der Waals surface area contributed by atoms with Gasteiger partial charge in [0.2, 0.25) is 11.8 Å². The molecule has 2 aliphatic carbocycles. The predicted octanol–water partition coefficient (Wildman–Crippen LogP) is 8.05. The highest BCUT2D eigenvalue weighted by molar-refractivity contribution is 6.39. The van der Waals surface area contributed by atoms with Crippen LogP contribution in [0.25, 0.3) is 11.1 Å². The van der Waals surface area contributed by atoms with Crippen molar-refractivity contribution in [1.82, 2.24) is 0 Å². The predicted molar refractivity (Wildman–Crippen MR) is 182 cm³/mol. The van der Waals surface area contributed by atoms with Crippen molar-refractivity contribution < 1.29 is 14.4 Å². The zero-order valence-corrected chi connectivity index (χ0v) is 26.2. The van der Waals surface area contributed by atoms with Gasteiger partial charge in [-0.15, -0.1) is 0 Å². The van der Waals surface area contributed by atoms with Crippen LogP contribution in [0, 0.1) is 23.2 Å². The number of fused-ring (bicyclic) bond motifs is 5. The van der Waals surface area contributed by atoms with E-state index in [1.54, 1.807) is 72.8 Å². The monoisotopic (exact) mass is 650 g/mol. The molecule has 2 amide bonds. The molecule has 2 fully saturated rings. The number of nitriles is 1. The van der Waals surface area contributed by atoms with Gasteiger partial charge in [0.05, 0.1) is 40.0 Å². The maximum absolute atomic E-state index is 15.9. The third-order valence-corrected chi connectivity index (χ3v) is 10.5. The lowest BCUT2D eigenvalue weighted by molar-refractivity contribution is -0.130. The summed E-state index contributed by atoms with van der Waals surface area (Å²) in [5, 5.41) is 10.4. The van der Waals surface area contributed by atoms with E-state index in [1.165, 1.54) is 4.90 Å². The van der Waals surface area contributed by atoms with Crippen molar-refractivity contribution in [1.29, 1.82) is 5.26 Å². The highest BCUT2D eigenvalue weighted by Crippen LogP contribution is 2.74. The first-order valence-corrected chi connectivity index (χ1v) is 15.9. The van der Waals surface area contributed by atoms with Crippen LogP contribution in [0.5, 0.6) is 0 Å². The van der Waals surface area contributed by atoms with E-state index in [0.29, 0.717) is 43.6 Å². The Kier molecular flexibility index (Phi) is 6.59. The fourth-order valence-corrected chi connectivity index (χ4v) is 8.55. The Bertz CT molecular complexity index is 2050. The van der Waals surface area contributed by atoms with Crippen LogP contribution in [0.15, 0.2) is 133 Å². The number of benzene rings is 5. The lowest BCUT2D eigenvalue weighted by atomic mass is 9.59. The van der Waals surface area contributed by atoms with Gasteiger partial charge in [-0.05, 0) is 81.9 Å². The van der Waals surface area contributed by atoms with E-state index in [1.807, 2.05) is 60.7 Å². The van der Waals surface area contributed by atoms with Gasteiger partial charge in [-0.3, -0.25) is 14.4 Å². The molecule has 0 N–H and O–H groups in total. The quantitative estimate of drug-likeness (QED) is 0.180. The highest BCUT2D eigenvalue weighted by atomic mass is 35.5. The van der Waals surface area contributed by atoms with Gasteiger partial charge in [0.25, 0.3) is 0 Å². The number of amides is 2. The van der Waals surface area contributed by atoms with Crippen molar-refractivity contribution >= 4 is 57.6 Å². The zero-order chi connectivity index (χ0) is 32.5. The Labute approximate surface area is 281 Å². The minimum atomic E-state index is -1.55. The van der Waals surface area contributed by atoms with E-state index in [9.17, 15) is 14.9 Å². The molecule has 5 nitrogen and oxygen atoms in total. The van der Waals surface area contributed by atoms with Gasteiger partial charge >= 0.3 is 0 Å². The number of anilines is 1. The van der Waals surface area contributed by atoms with E-state index >= 15 is 4.79 Å². The molecule has 1 saturated carbocycles. The van der Waals surface area contributed by atoms with Gasteiger partial charge in [-0.2, -0.15) is 5.26 Å². The summed E-state index contributed by atoms with van der Waals surface area (Å²) in [6.07, 6.45) is 0. The summed E-state index contributed by atoms with van der Waals surface area (Å²) in [6, 6.07) is 41.8. The van der Waals surface area contributed by atoms with Gasteiger partial charge in [-0.25, -0.2) is 4.90 Å². The van der Waals surface area contributed by atoms with E-state index < -0.39 is 34.5 Å². The summed E-state index contributed by atoms with van der Waals surface area (Å²) in [4.78, 5) is 47.1. The molecule has 5 aromatic rings. The van der Waals surface area contributed by atoms with Crippen molar-refractivity contribution in [3.8, 4) is 6.07 Å². The maximum Gasteiger partial charge on any atom is 0.239 e. The standard InChI is InChI=1S/C40H24Cl2N2O3/c41-29-17-13-27(14-18-29)39-32(25-7-3-1-4-8-25)33(26-9-5-2-6-10-26)40(38(39)47,28-15-19-30(42)20-16-28)35-34(39)36(45)44(37(35)46)31-21-11-24(23-43)12-22-31/h1-22,34-35H/t34-,35-,39+,40+/m1/s1. The molecule has 47 heavy (non-hydrogen) atoms. The number of Topliss-reactive ketones (excluding diaryl/α,β-unsaturated/α-hetero) is 1. The minimum absolute atomic E-state index is 0.233. The molecule has 7 heteroatoms. The van der Waals surface area contributed by atoms with Gasteiger partial charge in [-0.1, -0.05) is 108 Å². The molecule has 1 heterocycles. The van der Waals surface area contributed by atoms with Crippen LogP contribution in [0.3, 0.4) is 0 Å². The molecule has 8 rings (SSSR count). The SMILES string of the molecule is N#Cc1ccc(N2C(=O)[C@H]3[C@H](C2=O)[C@@]2(c4ccc(Cl)cc4)C(=O)[C@@]3(c3ccc(Cl)cc3)C(c3ccccc3)=C2c2ccccc2)cc1. The molecule has 3 aliphatic rings. The molecule has 2 bridgehead atoms. The largest absolute Gasteiger partial charge is 0.297 e. The van der Waals surface area contributed by atoms with Crippen molar-refractivity contribution in [2.75, 3.05) is 4.90 Å². The molecule has 0 aromatic heterocycles. The smallest absolute Gasteiger partial charge is 0.239 e. The summed E-state index contributed by atoms with van der Waals surface area (Å²) in [7, 11) is 0. The number of rotatable bonds is 5. The Morgan fingerprint density at radius 1 is 0.553 bits per heavy atom. The molecule has 1 saturated heterocycles. The Hall–Kier alpha value is -5.28. The van der Waals surface area contributed by atoms with Crippen LogP contribution in [-0.4, -0.2) is 17.6 Å². The van der Waals surface area contributed by atoms with Crippen LogP contribution in [0.2, 0.25) is 10.0 Å². The third kappa shape index (κ3) is 3.80. The second-order valence-electron chi connectivity index (χ2n) is 12.1. The number of hydrogen-bond donors (Lipinski definition) is 0. The minimum Gasteiger partial charge on any atom is -0.297 e. The second kappa shape index (κ2) is 10.6. The van der Waals surface area contributed by atoms with Crippen LogP contribution in [0.4, 0.5) is 5.69 Å². The van der Waals surface area contributed by atoms with Crippen LogP contribution < -0.4 is 4.90 Å². The summed E-state index contributed by atoms with van der Waals surface area (Å²) in [6.45, 7) is 0. The number of ketones is 1. The van der Waals surface area contributed by atoms with Crippen molar-refractivity contribution in [3.05, 3.63) is 171 Å². The summed E-state index contributed by atoms with van der Waals surface area (Å²) < 4.78 is 0. The molecule has 5 aromatic carbocycles. The van der Waals surface area contributed by atoms with Gasteiger partial charge < -0.3 is 0 Å². The van der Waals surface area contributed by atoms with E-state index in [0.717, 1.165) is 11.1 Å². The first-order chi connectivity index (χ1) is 22.8. The van der Waals surface area contributed by atoms with Gasteiger partial charge in [0.15, 0.2) is 5.78 Å². The second-order valence-corrected chi connectivity index (χ2v) is 12.9. The fraction of sp³-hybridized carbons (Fsp3) is 0.100. The zero-order valence-electron chi connectivity index (χ0n) is 24.7. The molecule has 0 unspecified atom stereocenters. The normalized spacial score (nSPS) is 24.5. The van der Waals surface area contributed by atoms with E-state index in [2.05, 4.69) is 6.07 Å². The lowest BCUT2D eigenvalue weighted by Crippen LogP contribution is -2.45. The molecular formula is C40H24Cl2N2O3. The Morgan fingerprint density at radius 2 is 0.957 bits per heavy atom. The lowest BCUT2D eigenvalue weighted by Gasteiger charge is -2.39. The van der Waals surface area contributed by atoms with Crippen LogP contribution >= 0.6 is 23.2 Å². The Morgan fingerprint density at radius 3 is 1.34 bits per heavy atom. The third-order valence-electron chi connectivity index (χ3n) is 9.97. The maximum atomic E-state index is 15.9. The number of carbonyl (C=O) groups is 3. The van der Waals surface area contributed by atoms with Gasteiger partial charge in [0, 0.05) is 10.0 Å². The number of hydrogen-bond acceptors (Lipinski definition) is 4. The van der Waals surface area contributed by atoms with Crippen molar-refractivity contribution in [2.24, 2.45) is 11.8 Å².